The van der Waals surface area contributed by atoms with Crippen molar-refractivity contribution in [1.82, 2.24) is 10.4 Å². The van der Waals surface area contributed by atoms with Crippen LogP contribution >= 0.6 is 22.9 Å². The molecule has 4 rings (SSSR count). The summed E-state index contributed by atoms with van der Waals surface area (Å²) in [6.45, 7) is 2.32. The fraction of sp³-hybridized carbons (Fsp3) is 0.179. The average molecular weight is 589 g/mol. The number of anilines is 2. The smallest absolute Gasteiger partial charge is 0.416 e. The Morgan fingerprint density at radius 1 is 1.15 bits per heavy atom. The zero-order valence-corrected chi connectivity index (χ0v) is 23.0. The Morgan fingerprint density at radius 3 is 2.65 bits per heavy atom. The van der Waals surface area contributed by atoms with E-state index in [-0.39, 0.29) is 12.1 Å². The number of thiazole rings is 1. The summed E-state index contributed by atoms with van der Waals surface area (Å²) in [5, 5.41) is 9.11. The highest BCUT2D eigenvalue weighted by Gasteiger charge is 2.30. The summed E-state index contributed by atoms with van der Waals surface area (Å²) < 4.78 is 50.1. The summed E-state index contributed by atoms with van der Waals surface area (Å²) in [7, 11) is 1.50. The molecule has 7 nitrogen and oxygen atoms in total. The molecule has 4 aromatic rings. The Balaban J connectivity index is 1.32. The van der Waals surface area contributed by atoms with Crippen LogP contribution in [0.2, 0.25) is 5.02 Å². The number of methoxy groups -OCH3 is 1. The van der Waals surface area contributed by atoms with Crippen molar-refractivity contribution in [1.29, 1.82) is 0 Å². The van der Waals surface area contributed by atoms with Gasteiger partial charge in [-0.3, -0.25) is 4.79 Å². The van der Waals surface area contributed by atoms with Gasteiger partial charge < -0.3 is 14.8 Å². The van der Waals surface area contributed by atoms with Gasteiger partial charge in [-0.05, 0) is 48.4 Å². The Morgan fingerprint density at radius 2 is 1.93 bits per heavy atom. The van der Waals surface area contributed by atoms with Crippen molar-refractivity contribution in [2.45, 2.75) is 26.1 Å². The minimum absolute atomic E-state index is 0.0754. The van der Waals surface area contributed by atoms with E-state index in [2.05, 4.69) is 20.8 Å². The van der Waals surface area contributed by atoms with Crippen molar-refractivity contribution in [2.75, 3.05) is 12.4 Å². The molecule has 0 unspecified atom stereocenters. The normalized spacial score (nSPS) is 11.4. The molecule has 1 aromatic heterocycles. The minimum atomic E-state index is -4.45. The number of amides is 1. The molecule has 0 radical (unpaired) electrons. The molecule has 1 heterocycles. The van der Waals surface area contributed by atoms with Gasteiger partial charge >= 0.3 is 6.18 Å². The second kappa shape index (κ2) is 12.8. The third kappa shape index (κ3) is 7.96. The lowest BCUT2D eigenvalue weighted by Crippen LogP contribution is -2.19. The van der Waals surface area contributed by atoms with Gasteiger partial charge in [0, 0.05) is 11.1 Å². The number of carbonyl (C=O) groups excluding carboxylic acids is 1. The van der Waals surface area contributed by atoms with Crippen LogP contribution in [-0.4, -0.2) is 24.2 Å². The van der Waals surface area contributed by atoms with Crippen LogP contribution in [0.1, 0.15) is 27.9 Å². The van der Waals surface area contributed by atoms with Gasteiger partial charge in [-0.2, -0.15) is 18.3 Å². The van der Waals surface area contributed by atoms with Crippen LogP contribution in [0.3, 0.4) is 0 Å². The van der Waals surface area contributed by atoms with Gasteiger partial charge in [-0.15, -0.1) is 11.3 Å². The van der Waals surface area contributed by atoms with Gasteiger partial charge in [-0.25, -0.2) is 10.4 Å². The first kappa shape index (κ1) is 28.9. The molecule has 0 bridgehead atoms. The standard InChI is InChI=1S/C28H24ClF3N4O3S/c1-17-6-8-18(9-7-17)15-39-26-23(29)10-19(11-24(26)38-2)14-33-36-25(37)13-22-16-40-27(35-22)34-21-5-3-4-20(12-21)28(30,31)32/h3-12,14,16H,13,15H2,1-2H3,(H,34,35)(H,36,37)/b33-14-. The largest absolute Gasteiger partial charge is 0.493 e. The number of carbonyl (C=O) groups is 1. The second-order valence-corrected chi connectivity index (χ2v) is 9.89. The molecular formula is C28H24ClF3N4O3S. The third-order valence-corrected chi connectivity index (χ3v) is 6.58. The Labute approximate surface area is 237 Å². The zero-order chi connectivity index (χ0) is 28.7. The highest BCUT2D eigenvalue weighted by molar-refractivity contribution is 7.13. The Bertz CT molecular complexity index is 1510. The van der Waals surface area contributed by atoms with Crippen molar-refractivity contribution in [3.05, 3.63) is 99.0 Å². The number of benzene rings is 3. The lowest BCUT2D eigenvalue weighted by molar-refractivity contribution is -0.137. The lowest BCUT2D eigenvalue weighted by atomic mass is 10.1. The van der Waals surface area contributed by atoms with E-state index in [1.54, 1.807) is 17.5 Å². The summed E-state index contributed by atoms with van der Waals surface area (Å²) >= 11 is 7.59. The number of hydrogen-bond acceptors (Lipinski definition) is 7. The van der Waals surface area contributed by atoms with Gasteiger partial charge in [0.1, 0.15) is 6.61 Å². The van der Waals surface area contributed by atoms with E-state index in [0.717, 1.165) is 23.3 Å². The number of alkyl halides is 3. The van der Waals surface area contributed by atoms with Crippen LogP contribution in [-0.2, 0) is 24.0 Å². The van der Waals surface area contributed by atoms with E-state index in [1.165, 1.54) is 36.8 Å². The van der Waals surface area contributed by atoms with Gasteiger partial charge in [0.25, 0.3) is 0 Å². The van der Waals surface area contributed by atoms with Gasteiger partial charge in [0.2, 0.25) is 5.91 Å². The molecule has 3 aromatic carbocycles. The lowest BCUT2D eigenvalue weighted by Gasteiger charge is -2.13. The van der Waals surface area contributed by atoms with Crippen LogP contribution in [0, 0.1) is 6.92 Å². The minimum Gasteiger partial charge on any atom is -0.493 e. The van der Waals surface area contributed by atoms with Crippen molar-refractivity contribution < 1.29 is 27.4 Å². The average Bonchev–Trinajstić information content (AvgIpc) is 3.34. The summed E-state index contributed by atoms with van der Waals surface area (Å²) in [5.41, 5.74) is 5.04. The van der Waals surface area contributed by atoms with Gasteiger partial charge in [-0.1, -0.05) is 47.5 Å². The number of hydrazone groups is 1. The molecule has 0 saturated carbocycles. The van der Waals surface area contributed by atoms with Crippen molar-refractivity contribution >= 4 is 45.9 Å². The van der Waals surface area contributed by atoms with Gasteiger partial charge in [0.05, 0.1) is 36.0 Å². The summed E-state index contributed by atoms with van der Waals surface area (Å²) in [6, 6.07) is 16.0. The fourth-order valence-electron chi connectivity index (χ4n) is 3.52. The predicted molar refractivity (Wildman–Crippen MR) is 150 cm³/mol. The number of hydrogen-bond donors (Lipinski definition) is 2. The number of halogens is 4. The highest BCUT2D eigenvalue weighted by Crippen LogP contribution is 2.36. The highest BCUT2D eigenvalue weighted by atomic mass is 35.5. The van der Waals surface area contributed by atoms with Crippen LogP contribution in [0.25, 0.3) is 0 Å². The van der Waals surface area contributed by atoms with E-state index < -0.39 is 17.6 Å². The quantitative estimate of drug-likeness (QED) is 0.152. The van der Waals surface area contributed by atoms with E-state index in [9.17, 15) is 18.0 Å². The van der Waals surface area contributed by atoms with Crippen LogP contribution in [0.4, 0.5) is 24.0 Å². The molecule has 0 spiro atoms. The fourth-order valence-corrected chi connectivity index (χ4v) is 4.52. The zero-order valence-electron chi connectivity index (χ0n) is 21.4. The summed E-state index contributed by atoms with van der Waals surface area (Å²) in [5.74, 6) is 0.378. The number of aryl methyl sites for hydroxylation is 1. The number of nitrogens with one attached hydrogen (secondary N) is 2. The monoisotopic (exact) mass is 588 g/mol. The number of nitrogens with zero attached hydrogens (tertiary/aromatic N) is 2. The number of ether oxygens (including phenoxy) is 2. The van der Waals surface area contributed by atoms with E-state index in [0.29, 0.717) is 39.5 Å². The summed E-state index contributed by atoms with van der Waals surface area (Å²) in [6.07, 6.45) is -3.11. The van der Waals surface area contributed by atoms with Crippen molar-refractivity contribution in [3.63, 3.8) is 0 Å². The molecule has 0 aliphatic carbocycles. The molecule has 0 saturated heterocycles. The molecule has 0 aliphatic rings. The van der Waals surface area contributed by atoms with Crippen LogP contribution in [0.5, 0.6) is 11.5 Å². The van der Waals surface area contributed by atoms with E-state index in [1.807, 2.05) is 31.2 Å². The maximum atomic E-state index is 12.9. The number of aromatic nitrogens is 1. The summed E-state index contributed by atoms with van der Waals surface area (Å²) in [4.78, 5) is 16.6. The maximum Gasteiger partial charge on any atom is 0.416 e. The molecule has 0 atom stereocenters. The van der Waals surface area contributed by atoms with E-state index >= 15 is 0 Å². The molecule has 0 aliphatic heterocycles. The molecular weight excluding hydrogens is 565 g/mol. The van der Waals surface area contributed by atoms with Crippen molar-refractivity contribution in [3.8, 4) is 11.5 Å². The molecule has 208 valence electrons. The maximum absolute atomic E-state index is 12.9. The van der Waals surface area contributed by atoms with Gasteiger partial charge in [0.15, 0.2) is 16.6 Å². The first-order valence-corrected chi connectivity index (χ1v) is 13.1. The SMILES string of the molecule is COc1cc(/C=N\NC(=O)Cc2csc(Nc3cccc(C(F)(F)F)c3)n2)cc(Cl)c1OCc1ccc(C)cc1. The molecule has 40 heavy (non-hydrogen) atoms. The Kier molecular flexibility index (Phi) is 9.28. The molecule has 12 heteroatoms. The van der Waals surface area contributed by atoms with E-state index in [4.69, 9.17) is 21.1 Å². The van der Waals surface area contributed by atoms with Crippen LogP contribution < -0.4 is 20.2 Å². The van der Waals surface area contributed by atoms with Crippen molar-refractivity contribution in [2.24, 2.45) is 5.10 Å². The molecule has 0 fully saturated rings. The topological polar surface area (TPSA) is 84.8 Å². The second-order valence-electron chi connectivity index (χ2n) is 8.63. The molecule has 2 N–H and O–H groups in total. The predicted octanol–water partition coefficient (Wildman–Crippen LogP) is 7.15. The third-order valence-electron chi connectivity index (χ3n) is 5.49. The number of rotatable bonds is 10. The molecule has 1 amide bonds. The Hall–Kier alpha value is -4.09. The van der Waals surface area contributed by atoms with Crippen LogP contribution in [0.15, 0.2) is 71.1 Å². The first-order valence-electron chi connectivity index (χ1n) is 11.9. The first-order chi connectivity index (χ1) is 19.1.